The molecule has 4 heteroatoms. The lowest BCUT2D eigenvalue weighted by molar-refractivity contribution is -0.129. The number of aryl methyl sites for hydroxylation is 1. The lowest BCUT2D eigenvalue weighted by Crippen LogP contribution is -2.38. The quantitative estimate of drug-likeness (QED) is 0.920. The Hall–Kier alpha value is -2.23. The lowest BCUT2D eigenvalue weighted by atomic mass is 9.89. The summed E-state index contributed by atoms with van der Waals surface area (Å²) in [5, 5.41) is 3.16. The van der Waals surface area contributed by atoms with Crippen LogP contribution in [0.15, 0.2) is 36.5 Å². The third kappa shape index (κ3) is 3.41. The van der Waals surface area contributed by atoms with E-state index in [-0.39, 0.29) is 17.4 Å². The summed E-state index contributed by atoms with van der Waals surface area (Å²) in [6.45, 7) is 5.79. The largest absolute Gasteiger partial charge is 0.349 e. The van der Waals surface area contributed by atoms with Gasteiger partial charge >= 0.3 is 0 Å². The monoisotopic (exact) mass is 309 g/mol. The maximum atomic E-state index is 12.3. The van der Waals surface area contributed by atoms with Crippen LogP contribution in [-0.4, -0.2) is 15.9 Å². The molecule has 3 rings (SSSR count). The van der Waals surface area contributed by atoms with Crippen molar-refractivity contribution in [1.29, 1.82) is 0 Å². The molecule has 1 heterocycles. The van der Waals surface area contributed by atoms with E-state index in [4.69, 9.17) is 4.98 Å². The van der Waals surface area contributed by atoms with Gasteiger partial charge in [-0.25, -0.2) is 9.97 Å². The van der Waals surface area contributed by atoms with Gasteiger partial charge in [-0.15, -0.1) is 0 Å². The number of hydrogen-bond acceptors (Lipinski definition) is 3. The fraction of sp³-hybridized carbons (Fsp3) is 0.421. The number of carbonyl (C=O) groups excluding carboxylic acids is 1. The average molecular weight is 309 g/mol. The highest BCUT2D eigenvalue weighted by Gasteiger charge is 2.28. The number of aromatic nitrogens is 2. The molecule has 0 aliphatic heterocycles. The Bertz CT molecular complexity index is 704. The highest BCUT2D eigenvalue weighted by molar-refractivity contribution is 5.81. The van der Waals surface area contributed by atoms with Crippen LogP contribution in [0.1, 0.15) is 50.9 Å². The molecular weight excluding hydrogens is 286 g/mol. The van der Waals surface area contributed by atoms with Crippen molar-refractivity contribution >= 4 is 5.91 Å². The summed E-state index contributed by atoms with van der Waals surface area (Å²) < 4.78 is 0. The summed E-state index contributed by atoms with van der Waals surface area (Å²) >= 11 is 0. The van der Waals surface area contributed by atoms with E-state index >= 15 is 0 Å². The molecule has 0 fully saturated rings. The molecule has 2 aromatic rings. The van der Waals surface area contributed by atoms with Gasteiger partial charge in [0, 0.05) is 28.4 Å². The van der Waals surface area contributed by atoms with E-state index in [0.717, 1.165) is 41.9 Å². The van der Waals surface area contributed by atoms with E-state index in [1.165, 1.54) is 0 Å². The Balaban J connectivity index is 1.87. The van der Waals surface area contributed by atoms with Crippen molar-refractivity contribution < 1.29 is 4.79 Å². The Morgan fingerprint density at radius 3 is 2.65 bits per heavy atom. The minimum atomic E-state index is -0.386. The van der Waals surface area contributed by atoms with Gasteiger partial charge in [-0.05, 0) is 19.3 Å². The van der Waals surface area contributed by atoms with Crippen molar-refractivity contribution in [2.75, 3.05) is 0 Å². The van der Waals surface area contributed by atoms with Crippen LogP contribution in [0.5, 0.6) is 0 Å². The van der Waals surface area contributed by atoms with E-state index in [0.29, 0.717) is 0 Å². The number of benzene rings is 1. The molecule has 0 saturated heterocycles. The number of amides is 1. The summed E-state index contributed by atoms with van der Waals surface area (Å²) in [5.41, 5.74) is 2.76. The number of hydrogen-bond donors (Lipinski definition) is 1. The normalized spacial score (nSPS) is 17.4. The minimum Gasteiger partial charge on any atom is -0.349 e. The van der Waals surface area contributed by atoms with E-state index in [2.05, 4.69) is 10.3 Å². The lowest BCUT2D eigenvalue weighted by Gasteiger charge is -2.28. The second kappa shape index (κ2) is 6.11. The standard InChI is InChI=1S/C19H23N3O/c1-19(2,3)18(23)22-16-11-7-10-15-14(16)12-20-17(21-15)13-8-5-4-6-9-13/h4-6,8-9,12,16H,7,10-11H2,1-3H3,(H,22,23)/t16-/m0/s1. The first-order chi connectivity index (χ1) is 10.9. The minimum absolute atomic E-state index is 0.0234. The smallest absolute Gasteiger partial charge is 0.225 e. The molecule has 0 bridgehead atoms. The van der Waals surface area contributed by atoms with Crippen LogP contribution in [0.2, 0.25) is 0 Å². The molecule has 1 aromatic heterocycles. The van der Waals surface area contributed by atoms with Crippen molar-refractivity contribution in [1.82, 2.24) is 15.3 Å². The molecule has 1 amide bonds. The predicted octanol–water partition coefficient (Wildman–Crippen LogP) is 3.68. The number of fused-ring (bicyclic) bond motifs is 1. The summed E-state index contributed by atoms with van der Waals surface area (Å²) in [7, 11) is 0. The molecule has 0 unspecified atom stereocenters. The van der Waals surface area contributed by atoms with Gasteiger partial charge in [-0.1, -0.05) is 51.1 Å². The third-order valence-corrected chi connectivity index (χ3v) is 4.20. The Labute approximate surface area is 137 Å². The number of nitrogens with zero attached hydrogens (tertiary/aromatic N) is 2. The van der Waals surface area contributed by atoms with Crippen molar-refractivity contribution in [3.63, 3.8) is 0 Å². The van der Waals surface area contributed by atoms with Crippen LogP contribution in [0.3, 0.4) is 0 Å². The molecule has 120 valence electrons. The van der Waals surface area contributed by atoms with E-state index in [9.17, 15) is 4.79 Å². The summed E-state index contributed by atoms with van der Waals surface area (Å²) in [6.07, 6.45) is 4.81. The number of rotatable bonds is 2. The average Bonchev–Trinajstić information content (AvgIpc) is 2.54. The van der Waals surface area contributed by atoms with Gasteiger partial charge in [0.05, 0.1) is 6.04 Å². The zero-order valence-corrected chi connectivity index (χ0v) is 14.0. The fourth-order valence-corrected chi connectivity index (χ4v) is 2.80. The third-order valence-electron chi connectivity index (χ3n) is 4.20. The van der Waals surface area contributed by atoms with Gasteiger partial charge < -0.3 is 5.32 Å². The van der Waals surface area contributed by atoms with Crippen LogP contribution >= 0.6 is 0 Å². The van der Waals surface area contributed by atoms with Crippen molar-refractivity contribution in [3.8, 4) is 11.4 Å². The van der Waals surface area contributed by atoms with Gasteiger partial charge in [0.15, 0.2) is 5.82 Å². The zero-order valence-electron chi connectivity index (χ0n) is 14.0. The van der Waals surface area contributed by atoms with Crippen LogP contribution in [-0.2, 0) is 11.2 Å². The van der Waals surface area contributed by atoms with Gasteiger partial charge in [-0.3, -0.25) is 4.79 Å². The predicted molar refractivity (Wildman–Crippen MR) is 90.7 cm³/mol. The van der Waals surface area contributed by atoms with Crippen molar-refractivity contribution in [2.45, 2.75) is 46.1 Å². The van der Waals surface area contributed by atoms with Crippen LogP contribution in [0.25, 0.3) is 11.4 Å². The molecule has 0 radical (unpaired) electrons. The fourth-order valence-electron chi connectivity index (χ4n) is 2.80. The van der Waals surface area contributed by atoms with Gasteiger partial charge in [0.2, 0.25) is 5.91 Å². The first-order valence-electron chi connectivity index (χ1n) is 8.17. The summed E-state index contributed by atoms with van der Waals surface area (Å²) in [5.74, 6) is 0.828. The second-order valence-electron chi connectivity index (χ2n) is 7.13. The first kappa shape index (κ1) is 15.7. The van der Waals surface area contributed by atoms with Crippen molar-refractivity contribution in [3.05, 3.63) is 47.8 Å². The molecule has 1 atom stereocenters. The maximum absolute atomic E-state index is 12.3. The molecular formula is C19H23N3O. The molecule has 0 saturated carbocycles. The summed E-state index contributed by atoms with van der Waals surface area (Å²) in [4.78, 5) is 21.5. The first-order valence-corrected chi connectivity index (χ1v) is 8.17. The zero-order chi connectivity index (χ0) is 16.4. The summed E-state index contributed by atoms with van der Waals surface area (Å²) in [6, 6.07) is 10.0. The molecule has 1 aliphatic rings. The molecule has 1 aliphatic carbocycles. The molecule has 0 spiro atoms. The topological polar surface area (TPSA) is 54.9 Å². The second-order valence-corrected chi connectivity index (χ2v) is 7.13. The number of nitrogens with one attached hydrogen (secondary N) is 1. The van der Waals surface area contributed by atoms with Crippen LogP contribution in [0.4, 0.5) is 0 Å². The Morgan fingerprint density at radius 1 is 1.22 bits per heavy atom. The van der Waals surface area contributed by atoms with E-state index in [1.807, 2.05) is 57.3 Å². The number of carbonyl (C=O) groups is 1. The van der Waals surface area contributed by atoms with Gasteiger partial charge in [-0.2, -0.15) is 0 Å². The molecule has 23 heavy (non-hydrogen) atoms. The van der Waals surface area contributed by atoms with Crippen LogP contribution in [0, 0.1) is 5.41 Å². The molecule has 1 N–H and O–H groups in total. The Kier molecular flexibility index (Phi) is 4.16. The molecule has 4 nitrogen and oxygen atoms in total. The maximum Gasteiger partial charge on any atom is 0.225 e. The Morgan fingerprint density at radius 2 is 1.96 bits per heavy atom. The van der Waals surface area contributed by atoms with E-state index < -0.39 is 0 Å². The van der Waals surface area contributed by atoms with Gasteiger partial charge in [0.1, 0.15) is 0 Å². The SMILES string of the molecule is CC(C)(C)C(=O)N[C@H]1CCCc2nc(-c3ccccc3)ncc21. The van der Waals surface area contributed by atoms with Crippen molar-refractivity contribution in [2.24, 2.45) is 5.41 Å². The van der Waals surface area contributed by atoms with E-state index in [1.54, 1.807) is 0 Å². The highest BCUT2D eigenvalue weighted by atomic mass is 16.2. The van der Waals surface area contributed by atoms with Crippen LogP contribution < -0.4 is 5.32 Å². The van der Waals surface area contributed by atoms with Gasteiger partial charge in [0.25, 0.3) is 0 Å². The molecule has 1 aromatic carbocycles. The highest BCUT2D eigenvalue weighted by Crippen LogP contribution is 2.30.